The Morgan fingerprint density at radius 1 is 1.24 bits per heavy atom. The van der Waals surface area contributed by atoms with Crippen molar-refractivity contribution in [2.75, 3.05) is 0 Å². The standard InChI is InChI=1S/C14H16BrNS/c1-9-3-4-10(2)12(7-9)13(16)8-11-5-6-14(15)17-11/h3-7,13H,8,16H2,1-2H3. The number of nitrogens with two attached hydrogens (primary N) is 1. The van der Waals surface area contributed by atoms with Gasteiger partial charge in [0.05, 0.1) is 3.79 Å². The number of thiophene rings is 1. The molecule has 0 radical (unpaired) electrons. The van der Waals surface area contributed by atoms with Crippen LogP contribution in [0, 0.1) is 13.8 Å². The minimum absolute atomic E-state index is 0.0837. The number of rotatable bonds is 3. The molecule has 1 aromatic carbocycles. The van der Waals surface area contributed by atoms with Crippen LogP contribution in [0.4, 0.5) is 0 Å². The van der Waals surface area contributed by atoms with Crippen LogP contribution in [0.1, 0.15) is 27.6 Å². The summed E-state index contributed by atoms with van der Waals surface area (Å²) in [5.74, 6) is 0. The largest absolute Gasteiger partial charge is 0.324 e. The lowest BCUT2D eigenvalue weighted by atomic mass is 9.97. The molecule has 1 aromatic heterocycles. The molecule has 0 fully saturated rings. The van der Waals surface area contributed by atoms with Crippen LogP contribution in [-0.4, -0.2) is 0 Å². The van der Waals surface area contributed by atoms with Crippen molar-refractivity contribution in [1.82, 2.24) is 0 Å². The highest BCUT2D eigenvalue weighted by molar-refractivity contribution is 9.11. The number of hydrogen-bond donors (Lipinski definition) is 1. The Kier molecular flexibility index (Phi) is 4.02. The van der Waals surface area contributed by atoms with E-state index in [1.54, 1.807) is 11.3 Å². The van der Waals surface area contributed by atoms with Crippen LogP contribution in [0.2, 0.25) is 0 Å². The summed E-state index contributed by atoms with van der Waals surface area (Å²) < 4.78 is 1.17. The van der Waals surface area contributed by atoms with Crippen molar-refractivity contribution in [3.8, 4) is 0 Å². The third kappa shape index (κ3) is 3.18. The van der Waals surface area contributed by atoms with Crippen molar-refractivity contribution >= 4 is 27.3 Å². The molecule has 2 rings (SSSR count). The molecular formula is C14H16BrNS. The van der Waals surface area contributed by atoms with Gasteiger partial charge in [-0.15, -0.1) is 11.3 Å². The van der Waals surface area contributed by atoms with Gasteiger partial charge < -0.3 is 5.73 Å². The van der Waals surface area contributed by atoms with Crippen LogP contribution in [0.15, 0.2) is 34.1 Å². The number of halogens is 1. The molecule has 0 bridgehead atoms. The fourth-order valence-electron chi connectivity index (χ4n) is 1.95. The molecule has 1 heterocycles. The van der Waals surface area contributed by atoms with E-state index < -0.39 is 0 Å². The highest BCUT2D eigenvalue weighted by Crippen LogP contribution is 2.27. The van der Waals surface area contributed by atoms with Crippen molar-refractivity contribution in [1.29, 1.82) is 0 Å². The molecule has 1 nitrogen and oxygen atoms in total. The summed E-state index contributed by atoms with van der Waals surface area (Å²) in [5.41, 5.74) is 10.1. The van der Waals surface area contributed by atoms with Gasteiger partial charge >= 0.3 is 0 Å². The first-order valence-electron chi connectivity index (χ1n) is 5.63. The second-order valence-electron chi connectivity index (χ2n) is 4.38. The molecule has 0 spiro atoms. The summed E-state index contributed by atoms with van der Waals surface area (Å²) in [6, 6.07) is 10.8. The average Bonchev–Trinajstić information content (AvgIpc) is 2.67. The molecule has 3 heteroatoms. The Hall–Kier alpha value is -0.640. The van der Waals surface area contributed by atoms with Crippen molar-refractivity contribution in [2.45, 2.75) is 26.3 Å². The van der Waals surface area contributed by atoms with E-state index in [9.17, 15) is 0 Å². The molecule has 1 unspecified atom stereocenters. The maximum atomic E-state index is 6.30. The van der Waals surface area contributed by atoms with Crippen LogP contribution in [0.25, 0.3) is 0 Å². The zero-order valence-electron chi connectivity index (χ0n) is 10.0. The minimum atomic E-state index is 0.0837. The van der Waals surface area contributed by atoms with Gasteiger partial charge in [0.2, 0.25) is 0 Å². The molecule has 0 aliphatic carbocycles. The summed E-state index contributed by atoms with van der Waals surface area (Å²) in [6.45, 7) is 4.23. The van der Waals surface area contributed by atoms with Gasteiger partial charge in [-0.1, -0.05) is 23.8 Å². The van der Waals surface area contributed by atoms with Gasteiger partial charge in [-0.25, -0.2) is 0 Å². The maximum Gasteiger partial charge on any atom is 0.0701 e. The smallest absolute Gasteiger partial charge is 0.0701 e. The van der Waals surface area contributed by atoms with E-state index in [4.69, 9.17) is 5.73 Å². The molecule has 0 amide bonds. The molecule has 17 heavy (non-hydrogen) atoms. The molecule has 0 aliphatic heterocycles. The zero-order chi connectivity index (χ0) is 12.4. The Bertz CT molecular complexity index is 519. The summed E-state index contributed by atoms with van der Waals surface area (Å²) in [6.07, 6.45) is 0.903. The monoisotopic (exact) mass is 309 g/mol. The van der Waals surface area contributed by atoms with Crippen molar-refractivity contribution in [2.24, 2.45) is 5.73 Å². The van der Waals surface area contributed by atoms with E-state index in [0.29, 0.717) is 0 Å². The second kappa shape index (κ2) is 5.34. The molecule has 90 valence electrons. The van der Waals surface area contributed by atoms with Gasteiger partial charge in [0, 0.05) is 17.3 Å². The first-order valence-corrected chi connectivity index (χ1v) is 7.24. The topological polar surface area (TPSA) is 26.0 Å². The van der Waals surface area contributed by atoms with Crippen LogP contribution in [0.3, 0.4) is 0 Å². The summed E-state index contributed by atoms with van der Waals surface area (Å²) in [5, 5.41) is 0. The summed E-state index contributed by atoms with van der Waals surface area (Å²) in [4.78, 5) is 1.32. The lowest BCUT2D eigenvalue weighted by Crippen LogP contribution is -2.14. The molecule has 2 N–H and O–H groups in total. The SMILES string of the molecule is Cc1ccc(C)c(C(N)Cc2ccc(Br)s2)c1. The zero-order valence-corrected chi connectivity index (χ0v) is 12.4. The van der Waals surface area contributed by atoms with E-state index in [-0.39, 0.29) is 6.04 Å². The molecular weight excluding hydrogens is 294 g/mol. The van der Waals surface area contributed by atoms with Crippen LogP contribution in [0.5, 0.6) is 0 Å². The van der Waals surface area contributed by atoms with Crippen molar-refractivity contribution in [3.63, 3.8) is 0 Å². The van der Waals surface area contributed by atoms with E-state index in [1.807, 2.05) is 0 Å². The third-order valence-corrected chi connectivity index (χ3v) is 4.53. The third-order valence-electron chi connectivity index (χ3n) is 2.88. The van der Waals surface area contributed by atoms with E-state index in [0.717, 1.165) is 6.42 Å². The Morgan fingerprint density at radius 2 is 2.00 bits per heavy atom. The molecule has 0 saturated heterocycles. The van der Waals surface area contributed by atoms with Crippen LogP contribution < -0.4 is 5.73 Å². The Labute approximate surface area is 115 Å². The fraction of sp³-hybridized carbons (Fsp3) is 0.286. The van der Waals surface area contributed by atoms with Gasteiger partial charge in [0.25, 0.3) is 0 Å². The number of aryl methyl sites for hydroxylation is 2. The molecule has 2 aromatic rings. The van der Waals surface area contributed by atoms with E-state index in [2.05, 4.69) is 60.1 Å². The number of benzene rings is 1. The first-order chi connectivity index (χ1) is 8.06. The van der Waals surface area contributed by atoms with Crippen LogP contribution >= 0.6 is 27.3 Å². The molecule has 0 aliphatic rings. The highest BCUT2D eigenvalue weighted by atomic mass is 79.9. The second-order valence-corrected chi connectivity index (χ2v) is 6.92. The average molecular weight is 310 g/mol. The lowest BCUT2D eigenvalue weighted by Gasteiger charge is -2.14. The van der Waals surface area contributed by atoms with Gasteiger partial charge in [-0.05, 0) is 53.0 Å². The minimum Gasteiger partial charge on any atom is -0.324 e. The summed E-state index contributed by atoms with van der Waals surface area (Å²) in [7, 11) is 0. The normalized spacial score (nSPS) is 12.7. The van der Waals surface area contributed by atoms with Gasteiger partial charge in [-0.3, -0.25) is 0 Å². The van der Waals surface area contributed by atoms with Gasteiger partial charge in [0.1, 0.15) is 0 Å². The van der Waals surface area contributed by atoms with Gasteiger partial charge in [-0.2, -0.15) is 0 Å². The first kappa shape index (κ1) is 12.8. The Morgan fingerprint density at radius 3 is 2.65 bits per heavy atom. The van der Waals surface area contributed by atoms with Gasteiger partial charge in [0.15, 0.2) is 0 Å². The maximum absolute atomic E-state index is 6.30. The Balaban J connectivity index is 2.19. The molecule has 0 saturated carbocycles. The van der Waals surface area contributed by atoms with Crippen molar-refractivity contribution < 1.29 is 0 Å². The predicted octanol–water partition coefficient (Wildman–Crippen LogP) is 4.37. The van der Waals surface area contributed by atoms with E-state index >= 15 is 0 Å². The molecule has 1 atom stereocenters. The van der Waals surface area contributed by atoms with E-state index in [1.165, 1.54) is 25.4 Å². The highest BCUT2D eigenvalue weighted by Gasteiger charge is 2.11. The lowest BCUT2D eigenvalue weighted by molar-refractivity contribution is 0.724. The van der Waals surface area contributed by atoms with Crippen LogP contribution in [-0.2, 0) is 6.42 Å². The fourth-order valence-corrected chi connectivity index (χ4v) is 3.49. The number of hydrogen-bond acceptors (Lipinski definition) is 2. The quantitative estimate of drug-likeness (QED) is 0.895. The summed E-state index contributed by atoms with van der Waals surface area (Å²) >= 11 is 5.24. The predicted molar refractivity (Wildman–Crippen MR) is 78.6 cm³/mol. The van der Waals surface area contributed by atoms with Crippen molar-refractivity contribution in [3.05, 3.63) is 55.7 Å².